The molecule has 0 amide bonds. The van der Waals surface area contributed by atoms with Crippen LogP contribution in [0.15, 0.2) is 0 Å². The standard InChI is InChI=1S/C4H4I6/c5-2(6)1(3(7)8)4(9)10/h1-4H. The quantitative estimate of drug-likeness (QED) is 0.272. The Morgan fingerprint density at radius 2 is 0.700 bits per heavy atom. The van der Waals surface area contributed by atoms with Gasteiger partial charge in [-0.25, -0.2) is 0 Å². The van der Waals surface area contributed by atoms with E-state index in [4.69, 9.17) is 0 Å². The second-order valence-corrected chi connectivity index (χ2v) is 16.8. The highest BCUT2D eigenvalue weighted by Crippen LogP contribution is 2.39. The van der Waals surface area contributed by atoms with Gasteiger partial charge in [0, 0.05) is 5.92 Å². The molecule has 0 heterocycles. The van der Waals surface area contributed by atoms with Crippen LogP contribution in [-0.4, -0.2) is 5.79 Å². The van der Waals surface area contributed by atoms with Crippen LogP contribution >= 0.6 is 136 Å². The van der Waals surface area contributed by atoms with Crippen molar-refractivity contribution in [1.82, 2.24) is 0 Å². The predicted octanol–water partition coefficient (Wildman–Crippen LogP) is 5.19. The van der Waals surface area contributed by atoms with Crippen molar-refractivity contribution in [2.75, 3.05) is 0 Å². The van der Waals surface area contributed by atoms with Crippen LogP contribution in [0.4, 0.5) is 0 Å². The summed E-state index contributed by atoms with van der Waals surface area (Å²) in [5.74, 6) is 0.809. The van der Waals surface area contributed by atoms with Crippen molar-refractivity contribution in [1.29, 1.82) is 0 Å². The Balaban J connectivity index is 3.98. The van der Waals surface area contributed by atoms with E-state index in [9.17, 15) is 0 Å². The van der Waals surface area contributed by atoms with E-state index >= 15 is 0 Å². The van der Waals surface area contributed by atoms with E-state index in [1.807, 2.05) is 0 Å². The molecule has 0 radical (unpaired) electrons. The van der Waals surface area contributed by atoms with E-state index in [2.05, 4.69) is 136 Å². The van der Waals surface area contributed by atoms with E-state index in [-0.39, 0.29) is 0 Å². The molecule has 6 heteroatoms. The van der Waals surface area contributed by atoms with Crippen LogP contribution in [0, 0.1) is 5.92 Å². The SMILES string of the molecule is IC(I)C(C(I)I)C(I)I. The Morgan fingerprint density at radius 1 is 0.500 bits per heavy atom. The maximum absolute atomic E-state index is 2.50. The molecular formula is C4H4I6. The molecule has 0 aliphatic rings. The summed E-state index contributed by atoms with van der Waals surface area (Å²) in [5, 5.41) is 0. The summed E-state index contributed by atoms with van der Waals surface area (Å²) in [6.45, 7) is 0. The highest BCUT2D eigenvalue weighted by atomic mass is 127. The molecule has 0 saturated heterocycles. The lowest BCUT2D eigenvalue weighted by molar-refractivity contribution is 0.774. The predicted molar refractivity (Wildman–Crippen MR) is 99.0 cm³/mol. The summed E-state index contributed by atoms with van der Waals surface area (Å²) in [4.78, 5) is 0. The average molecular weight is 814 g/mol. The van der Waals surface area contributed by atoms with Crippen LogP contribution in [0.2, 0.25) is 0 Å². The van der Waals surface area contributed by atoms with Crippen molar-refractivity contribution in [3.63, 3.8) is 0 Å². The second-order valence-electron chi connectivity index (χ2n) is 1.58. The molecule has 0 spiro atoms. The maximum atomic E-state index is 2.50. The fourth-order valence-electron chi connectivity index (χ4n) is 0.330. The number of rotatable bonds is 3. The lowest BCUT2D eigenvalue weighted by Crippen LogP contribution is -2.21. The molecule has 0 aliphatic heterocycles. The minimum atomic E-state index is 0.743. The van der Waals surface area contributed by atoms with Gasteiger partial charge in [0.05, 0.1) is 5.79 Å². The Hall–Kier alpha value is 4.38. The fourth-order valence-corrected chi connectivity index (χ4v) is 14.8. The first-order valence-corrected chi connectivity index (χ1v) is 9.78. The Bertz CT molecular complexity index is 70.7. The summed E-state index contributed by atoms with van der Waals surface area (Å²) in [6, 6.07) is 0. The summed E-state index contributed by atoms with van der Waals surface area (Å²) in [5.41, 5.74) is 0. The summed E-state index contributed by atoms with van der Waals surface area (Å²) in [7, 11) is 0. The number of halogens is 6. The first-order valence-electron chi connectivity index (χ1n) is 2.31. The van der Waals surface area contributed by atoms with Crippen LogP contribution in [0.25, 0.3) is 0 Å². The van der Waals surface area contributed by atoms with Gasteiger partial charge < -0.3 is 0 Å². The third-order valence-corrected chi connectivity index (χ3v) is 5.86. The number of alkyl halides is 6. The van der Waals surface area contributed by atoms with E-state index < -0.39 is 0 Å². The monoisotopic (exact) mass is 813 g/mol. The van der Waals surface area contributed by atoms with Crippen LogP contribution in [0.5, 0.6) is 0 Å². The zero-order valence-electron chi connectivity index (χ0n) is 4.58. The third-order valence-electron chi connectivity index (χ3n) is 0.873. The number of hydrogen-bond donors (Lipinski definition) is 0. The molecule has 0 N–H and O–H groups in total. The minimum Gasteiger partial charge on any atom is -0.0705 e. The Labute approximate surface area is 143 Å². The molecule has 0 atom stereocenters. The van der Waals surface area contributed by atoms with E-state index in [1.165, 1.54) is 0 Å². The topological polar surface area (TPSA) is 0 Å². The molecule has 0 nitrogen and oxygen atoms in total. The molecule has 0 fully saturated rings. The number of hydrogen-bond acceptors (Lipinski definition) is 0. The van der Waals surface area contributed by atoms with Crippen molar-refractivity contribution in [2.45, 2.75) is 5.79 Å². The molecule has 0 aromatic carbocycles. The fraction of sp³-hybridized carbons (Fsp3) is 1.00. The molecule has 0 aromatic rings. The van der Waals surface area contributed by atoms with Gasteiger partial charge >= 0.3 is 0 Å². The molecule has 62 valence electrons. The van der Waals surface area contributed by atoms with Gasteiger partial charge in [0.25, 0.3) is 0 Å². The first-order chi connectivity index (χ1) is 4.46. The molecule has 0 bridgehead atoms. The van der Waals surface area contributed by atoms with Gasteiger partial charge in [-0.15, -0.1) is 0 Å². The van der Waals surface area contributed by atoms with Crippen molar-refractivity contribution in [3.8, 4) is 0 Å². The van der Waals surface area contributed by atoms with E-state index in [0.29, 0.717) is 0 Å². The molecular weight excluding hydrogens is 809 g/mol. The zero-order chi connectivity index (χ0) is 8.31. The van der Waals surface area contributed by atoms with Crippen LogP contribution in [0.1, 0.15) is 0 Å². The van der Waals surface area contributed by atoms with Gasteiger partial charge in [-0.2, -0.15) is 0 Å². The summed E-state index contributed by atoms with van der Waals surface area (Å²) in [6.07, 6.45) is 0. The van der Waals surface area contributed by atoms with Gasteiger partial charge in [-0.1, -0.05) is 136 Å². The van der Waals surface area contributed by atoms with Crippen molar-refractivity contribution < 1.29 is 0 Å². The smallest absolute Gasteiger partial charge is 0.0689 e. The average Bonchev–Trinajstić information content (AvgIpc) is 1.59. The molecule has 10 heavy (non-hydrogen) atoms. The van der Waals surface area contributed by atoms with Crippen LogP contribution in [-0.2, 0) is 0 Å². The Kier molecular flexibility index (Phi) is 11.0. The van der Waals surface area contributed by atoms with Crippen molar-refractivity contribution >= 4 is 136 Å². The largest absolute Gasteiger partial charge is 0.0705 e. The highest BCUT2D eigenvalue weighted by Gasteiger charge is 2.27. The molecule has 0 aromatic heterocycles. The maximum Gasteiger partial charge on any atom is 0.0689 e. The molecule has 0 rings (SSSR count). The van der Waals surface area contributed by atoms with Crippen molar-refractivity contribution in [3.05, 3.63) is 0 Å². The Morgan fingerprint density at radius 3 is 0.700 bits per heavy atom. The lowest BCUT2D eigenvalue weighted by Gasteiger charge is -2.21. The molecule has 0 unspecified atom stereocenters. The summed E-state index contributed by atoms with van der Waals surface area (Å²) < 4.78 is 2.23. The van der Waals surface area contributed by atoms with Gasteiger partial charge in [-0.05, 0) is 0 Å². The van der Waals surface area contributed by atoms with Gasteiger partial charge in [0.1, 0.15) is 0 Å². The van der Waals surface area contributed by atoms with Gasteiger partial charge in [-0.3, -0.25) is 0 Å². The van der Waals surface area contributed by atoms with Crippen LogP contribution < -0.4 is 0 Å². The van der Waals surface area contributed by atoms with Gasteiger partial charge in [0.15, 0.2) is 0 Å². The van der Waals surface area contributed by atoms with E-state index in [0.717, 1.165) is 11.7 Å². The normalized spacial score (nSPS) is 12.6. The van der Waals surface area contributed by atoms with Gasteiger partial charge in [0.2, 0.25) is 0 Å². The first kappa shape index (κ1) is 14.4. The van der Waals surface area contributed by atoms with Crippen LogP contribution in [0.3, 0.4) is 0 Å². The van der Waals surface area contributed by atoms with Crippen molar-refractivity contribution in [2.24, 2.45) is 5.92 Å². The highest BCUT2D eigenvalue weighted by molar-refractivity contribution is 14.2. The molecule has 0 aliphatic carbocycles. The zero-order valence-corrected chi connectivity index (χ0v) is 17.5. The third kappa shape index (κ3) is 5.98. The summed E-state index contributed by atoms with van der Waals surface area (Å²) >= 11 is 15.0. The van der Waals surface area contributed by atoms with E-state index in [1.54, 1.807) is 0 Å². The lowest BCUT2D eigenvalue weighted by atomic mass is 10.3. The second kappa shape index (κ2) is 7.64. The minimum absolute atomic E-state index is 0.743. The molecule has 0 saturated carbocycles.